The Kier molecular flexibility index (Phi) is 1.31. The van der Waals surface area contributed by atoms with E-state index in [-0.39, 0.29) is 0 Å². The molecule has 0 bridgehead atoms. The Balaban J connectivity index is 2.42. The largest absolute Gasteiger partial charge is 0.346 e. The van der Waals surface area contributed by atoms with Gasteiger partial charge in [0.25, 0.3) is 0 Å². The first-order valence-corrected chi connectivity index (χ1v) is 3.90. The predicted octanol–water partition coefficient (Wildman–Crippen LogP) is 2.46. The number of benzene rings is 1. The second-order valence-corrected chi connectivity index (χ2v) is 3.16. The molecule has 0 amide bonds. The van der Waals surface area contributed by atoms with Crippen molar-refractivity contribution >= 4 is 17.4 Å². The van der Waals surface area contributed by atoms with Crippen LogP contribution in [0.5, 0.6) is 0 Å². The van der Waals surface area contributed by atoms with Crippen molar-refractivity contribution in [3.63, 3.8) is 0 Å². The van der Waals surface area contributed by atoms with Crippen LogP contribution in [0.3, 0.4) is 0 Å². The lowest BCUT2D eigenvalue weighted by Gasteiger charge is -1.95. The van der Waals surface area contributed by atoms with E-state index >= 15 is 0 Å². The van der Waals surface area contributed by atoms with Crippen LogP contribution in [-0.4, -0.2) is 5.63 Å². The van der Waals surface area contributed by atoms with E-state index in [1.807, 2.05) is 24.3 Å². The van der Waals surface area contributed by atoms with Gasteiger partial charge in [-0.15, -0.1) is 0 Å². The highest BCUT2D eigenvalue weighted by Gasteiger charge is 2.18. The van der Waals surface area contributed by atoms with Crippen LogP contribution < -0.4 is 5.32 Å². The summed E-state index contributed by atoms with van der Waals surface area (Å²) in [5.41, 5.74) is -0.0580. The molecule has 0 aliphatic carbocycles. The maximum absolute atomic E-state index is 12.6. The Morgan fingerprint density at radius 1 is 1.40 bits per heavy atom. The van der Waals surface area contributed by atoms with Gasteiger partial charge in [-0.1, -0.05) is 23.9 Å². The van der Waals surface area contributed by atoms with Gasteiger partial charge in [0.05, 0.1) is 5.69 Å². The normalized spacial score (nSPS) is 21.9. The second kappa shape index (κ2) is 2.16. The summed E-state index contributed by atoms with van der Waals surface area (Å²) in [6.07, 6.45) is 0. The molecule has 1 heterocycles. The standard InChI is InChI=1S/C7H6FNS/c8-7-9-5-3-1-2-4-6(5)10-7/h1-4,7,9H. The molecule has 0 saturated carbocycles. The number of para-hydroxylation sites is 1. The molecule has 3 heteroatoms. The SMILES string of the molecule is FC1Nc2ccccc2S1. The van der Waals surface area contributed by atoms with Crippen molar-refractivity contribution in [3.05, 3.63) is 24.3 Å². The van der Waals surface area contributed by atoms with E-state index in [9.17, 15) is 4.39 Å². The zero-order valence-corrected chi connectivity index (χ0v) is 5.99. The summed E-state index contributed by atoms with van der Waals surface area (Å²) in [4.78, 5) is 0.995. The molecule has 0 aromatic heterocycles. The third-order valence-corrected chi connectivity index (χ3v) is 2.32. The molecule has 1 aliphatic rings. The summed E-state index contributed by atoms with van der Waals surface area (Å²) in [5.74, 6) is 0. The van der Waals surface area contributed by atoms with Crippen LogP contribution in [0.4, 0.5) is 10.1 Å². The van der Waals surface area contributed by atoms with Gasteiger partial charge in [-0.25, -0.2) is 4.39 Å². The molecule has 1 aromatic rings. The van der Waals surface area contributed by atoms with Crippen LogP contribution in [0.2, 0.25) is 0 Å². The van der Waals surface area contributed by atoms with E-state index in [1.54, 1.807) is 0 Å². The lowest BCUT2D eigenvalue weighted by atomic mass is 10.3. The number of alkyl halides is 1. The highest BCUT2D eigenvalue weighted by molar-refractivity contribution is 8.00. The van der Waals surface area contributed by atoms with Gasteiger partial charge >= 0.3 is 0 Å². The average molecular weight is 155 g/mol. The first-order valence-electron chi connectivity index (χ1n) is 3.02. The molecule has 1 aromatic carbocycles. The molecule has 1 atom stereocenters. The number of nitrogens with one attached hydrogen (secondary N) is 1. The maximum Gasteiger partial charge on any atom is 0.222 e. The van der Waals surface area contributed by atoms with Gasteiger partial charge < -0.3 is 5.32 Å². The zero-order valence-electron chi connectivity index (χ0n) is 5.17. The predicted molar refractivity (Wildman–Crippen MR) is 40.8 cm³/mol. The van der Waals surface area contributed by atoms with E-state index in [0.29, 0.717) is 0 Å². The van der Waals surface area contributed by atoms with Crippen LogP contribution in [0, 0.1) is 0 Å². The number of anilines is 1. The van der Waals surface area contributed by atoms with E-state index in [4.69, 9.17) is 0 Å². The quantitative estimate of drug-likeness (QED) is 0.577. The Labute approximate surface area is 62.6 Å². The first-order chi connectivity index (χ1) is 4.86. The fourth-order valence-corrected chi connectivity index (χ4v) is 1.77. The fraction of sp³-hybridized carbons (Fsp3) is 0.143. The molecule has 0 radical (unpaired) electrons. The van der Waals surface area contributed by atoms with Crippen molar-refractivity contribution in [3.8, 4) is 0 Å². The molecule has 0 fully saturated rings. The van der Waals surface area contributed by atoms with E-state index in [2.05, 4.69) is 5.32 Å². The fourth-order valence-electron chi connectivity index (χ4n) is 0.952. The number of thioether (sulfide) groups is 1. The first kappa shape index (κ1) is 6.04. The molecular weight excluding hydrogens is 149 g/mol. The summed E-state index contributed by atoms with van der Waals surface area (Å²) in [5, 5.41) is 2.69. The number of fused-ring (bicyclic) bond motifs is 1. The zero-order chi connectivity index (χ0) is 6.97. The Bertz CT molecular complexity index is 226. The number of rotatable bonds is 0. The van der Waals surface area contributed by atoms with Gasteiger partial charge in [-0.3, -0.25) is 0 Å². The monoisotopic (exact) mass is 155 g/mol. The minimum absolute atomic E-state index is 0.903. The van der Waals surface area contributed by atoms with E-state index in [1.165, 1.54) is 11.8 Å². The highest BCUT2D eigenvalue weighted by Crippen LogP contribution is 2.38. The number of halogens is 1. The Morgan fingerprint density at radius 3 is 3.00 bits per heavy atom. The molecule has 1 nitrogen and oxygen atoms in total. The summed E-state index contributed by atoms with van der Waals surface area (Å²) in [6.45, 7) is 0. The number of hydrogen-bond donors (Lipinski definition) is 1. The van der Waals surface area contributed by atoms with Gasteiger partial charge in [-0.05, 0) is 12.1 Å². The van der Waals surface area contributed by atoms with Crippen molar-refractivity contribution in [1.29, 1.82) is 0 Å². The van der Waals surface area contributed by atoms with Crippen LogP contribution >= 0.6 is 11.8 Å². The molecule has 0 spiro atoms. The molecule has 1 N–H and O–H groups in total. The second-order valence-electron chi connectivity index (χ2n) is 2.07. The Hall–Kier alpha value is -0.700. The maximum atomic E-state index is 12.6. The van der Waals surface area contributed by atoms with E-state index in [0.717, 1.165) is 10.6 Å². The van der Waals surface area contributed by atoms with Crippen LogP contribution in [0.1, 0.15) is 0 Å². The Morgan fingerprint density at radius 2 is 2.20 bits per heavy atom. The summed E-state index contributed by atoms with van der Waals surface area (Å²) < 4.78 is 12.6. The van der Waals surface area contributed by atoms with Crippen LogP contribution in [-0.2, 0) is 0 Å². The van der Waals surface area contributed by atoms with Crippen LogP contribution in [0.15, 0.2) is 29.2 Å². The van der Waals surface area contributed by atoms with Crippen molar-refractivity contribution in [2.24, 2.45) is 0 Å². The van der Waals surface area contributed by atoms with Crippen LogP contribution in [0.25, 0.3) is 0 Å². The summed E-state index contributed by atoms with van der Waals surface area (Å²) in [6, 6.07) is 7.59. The molecular formula is C7H6FNS. The topological polar surface area (TPSA) is 12.0 Å². The van der Waals surface area contributed by atoms with Crippen molar-refractivity contribution in [2.45, 2.75) is 10.5 Å². The molecule has 1 aliphatic heterocycles. The molecule has 2 rings (SSSR count). The van der Waals surface area contributed by atoms with Crippen molar-refractivity contribution < 1.29 is 4.39 Å². The average Bonchev–Trinajstić information content (AvgIpc) is 2.27. The number of hydrogen-bond acceptors (Lipinski definition) is 2. The third-order valence-electron chi connectivity index (χ3n) is 1.39. The van der Waals surface area contributed by atoms with E-state index < -0.39 is 5.63 Å². The smallest absolute Gasteiger partial charge is 0.222 e. The van der Waals surface area contributed by atoms with Crippen molar-refractivity contribution in [1.82, 2.24) is 0 Å². The lowest BCUT2D eigenvalue weighted by Crippen LogP contribution is -2.00. The molecule has 0 saturated heterocycles. The molecule has 52 valence electrons. The minimum atomic E-state index is -0.961. The van der Waals surface area contributed by atoms with Gasteiger partial charge in [0.1, 0.15) is 0 Å². The summed E-state index contributed by atoms with van der Waals surface area (Å²) in [7, 11) is 0. The van der Waals surface area contributed by atoms with Crippen molar-refractivity contribution in [2.75, 3.05) is 5.32 Å². The van der Waals surface area contributed by atoms with Gasteiger partial charge in [-0.2, -0.15) is 0 Å². The van der Waals surface area contributed by atoms with Gasteiger partial charge in [0.2, 0.25) is 5.63 Å². The highest BCUT2D eigenvalue weighted by atomic mass is 32.2. The van der Waals surface area contributed by atoms with Gasteiger partial charge in [0.15, 0.2) is 0 Å². The third kappa shape index (κ3) is 0.865. The van der Waals surface area contributed by atoms with Gasteiger partial charge in [0, 0.05) is 4.90 Å². The molecule has 10 heavy (non-hydrogen) atoms. The lowest BCUT2D eigenvalue weighted by molar-refractivity contribution is 0.498. The minimum Gasteiger partial charge on any atom is -0.346 e. The molecule has 1 unspecified atom stereocenters. The summed E-state index contributed by atoms with van der Waals surface area (Å²) >= 11 is 1.21.